The number of aromatic nitrogens is 1. The van der Waals surface area contributed by atoms with Crippen LogP contribution >= 0.6 is 11.3 Å². The van der Waals surface area contributed by atoms with Gasteiger partial charge in [0.05, 0.1) is 4.92 Å². The van der Waals surface area contributed by atoms with Crippen molar-refractivity contribution >= 4 is 28.7 Å². The van der Waals surface area contributed by atoms with Crippen LogP contribution < -0.4 is 10.2 Å². The highest BCUT2D eigenvalue weighted by Crippen LogP contribution is 2.25. The quantitative estimate of drug-likeness (QED) is 0.620. The lowest BCUT2D eigenvalue weighted by Crippen LogP contribution is -2.41. The molecule has 1 N–H and O–H groups in total. The molecule has 0 aromatic carbocycles. The Morgan fingerprint density at radius 2 is 2.23 bits per heavy atom. The zero-order valence-electron chi connectivity index (χ0n) is 14.7. The maximum Gasteiger partial charge on any atom is 0.290 e. The number of nitro groups is 1. The normalized spacial score (nSPS) is 15.0. The Morgan fingerprint density at radius 1 is 1.46 bits per heavy atom. The molecule has 138 valence electrons. The van der Waals surface area contributed by atoms with Crippen molar-refractivity contribution in [2.24, 2.45) is 5.92 Å². The number of carbonyl (C=O) groups excluding carboxylic acids is 1. The molecule has 0 aliphatic carbocycles. The Balaban J connectivity index is 1.48. The van der Waals surface area contributed by atoms with Crippen LogP contribution in [0.2, 0.25) is 0 Å². The van der Waals surface area contributed by atoms with Gasteiger partial charge in [-0.3, -0.25) is 14.9 Å². The lowest BCUT2D eigenvalue weighted by molar-refractivity contribution is -0.385. The van der Waals surface area contributed by atoms with E-state index in [-0.39, 0.29) is 17.5 Å². The molecule has 1 aliphatic rings. The summed E-state index contributed by atoms with van der Waals surface area (Å²) in [6.07, 6.45) is 3.72. The first-order valence-corrected chi connectivity index (χ1v) is 9.58. The average molecular weight is 374 g/mol. The summed E-state index contributed by atoms with van der Waals surface area (Å²) in [4.78, 5) is 30.4. The predicted octanol–water partition coefficient (Wildman–Crippen LogP) is 2.94. The summed E-state index contributed by atoms with van der Waals surface area (Å²) in [5, 5.41) is 16.0. The minimum absolute atomic E-state index is 0.0220. The molecule has 26 heavy (non-hydrogen) atoms. The van der Waals surface area contributed by atoms with E-state index in [4.69, 9.17) is 0 Å². The van der Waals surface area contributed by atoms with Crippen molar-refractivity contribution in [1.29, 1.82) is 0 Å². The Kier molecular flexibility index (Phi) is 5.82. The number of thiophene rings is 1. The fourth-order valence-corrected chi connectivity index (χ4v) is 3.89. The molecule has 8 heteroatoms. The highest BCUT2D eigenvalue weighted by Gasteiger charge is 2.26. The first-order chi connectivity index (χ1) is 12.5. The van der Waals surface area contributed by atoms with Crippen molar-refractivity contribution in [2.45, 2.75) is 26.2 Å². The molecule has 0 spiro atoms. The Bertz CT molecular complexity index is 771. The van der Waals surface area contributed by atoms with E-state index in [9.17, 15) is 14.9 Å². The van der Waals surface area contributed by atoms with E-state index in [2.05, 4.69) is 21.3 Å². The molecule has 1 fully saturated rings. The number of piperidine rings is 1. The number of aryl methyl sites for hydroxylation is 1. The van der Waals surface area contributed by atoms with Crippen LogP contribution in [-0.2, 0) is 11.2 Å². The van der Waals surface area contributed by atoms with Gasteiger partial charge in [-0.1, -0.05) is 6.07 Å². The zero-order chi connectivity index (χ0) is 18.5. The number of hydrogen-bond donors (Lipinski definition) is 1. The minimum atomic E-state index is -0.418. The maximum atomic E-state index is 12.3. The largest absolute Gasteiger partial charge is 0.357 e. The van der Waals surface area contributed by atoms with Crippen molar-refractivity contribution in [1.82, 2.24) is 10.3 Å². The van der Waals surface area contributed by atoms with E-state index in [0.29, 0.717) is 12.1 Å². The molecule has 0 bridgehead atoms. The topological polar surface area (TPSA) is 88.4 Å². The molecule has 7 nitrogen and oxygen atoms in total. The van der Waals surface area contributed by atoms with E-state index >= 15 is 0 Å². The van der Waals surface area contributed by atoms with E-state index in [1.165, 1.54) is 11.1 Å². The SMILES string of the molecule is Cc1cc(N2CCC(C(=O)NCCc3cccs3)CC2)ncc1[N+](=O)[O-]. The number of carbonyl (C=O) groups is 1. The summed E-state index contributed by atoms with van der Waals surface area (Å²) in [6.45, 7) is 3.85. The summed E-state index contributed by atoms with van der Waals surface area (Å²) >= 11 is 1.70. The maximum absolute atomic E-state index is 12.3. The first kappa shape index (κ1) is 18.3. The van der Waals surface area contributed by atoms with Gasteiger partial charge in [-0.15, -0.1) is 11.3 Å². The average Bonchev–Trinajstić information content (AvgIpc) is 3.15. The van der Waals surface area contributed by atoms with Crippen LogP contribution in [0.3, 0.4) is 0 Å². The fourth-order valence-electron chi connectivity index (χ4n) is 3.18. The number of rotatable bonds is 6. The van der Waals surface area contributed by atoms with Crippen LogP contribution in [0.5, 0.6) is 0 Å². The summed E-state index contributed by atoms with van der Waals surface area (Å²) in [6, 6.07) is 5.85. The van der Waals surface area contributed by atoms with Crippen molar-refractivity contribution in [2.75, 3.05) is 24.5 Å². The standard InChI is InChI=1S/C18H22N4O3S/c1-13-11-17(20-12-16(13)22(24)25)21-8-5-14(6-9-21)18(23)19-7-4-15-3-2-10-26-15/h2-3,10-12,14H,4-9H2,1H3,(H,19,23). The van der Waals surface area contributed by atoms with E-state index in [0.717, 1.165) is 38.2 Å². The Hall–Kier alpha value is -2.48. The van der Waals surface area contributed by atoms with Gasteiger partial charge in [0.2, 0.25) is 5.91 Å². The van der Waals surface area contributed by atoms with Gasteiger partial charge < -0.3 is 10.2 Å². The van der Waals surface area contributed by atoms with Crippen LogP contribution in [0.25, 0.3) is 0 Å². The fraction of sp³-hybridized carbons (Fsp3) is 0.444. The van der Waals surface area contributed by atoms with Crippen molar-refractivity contribution in [3.05, 3.63) is 50.3 Å². The molecule has 0 unspecified atom stereocenters. The monoisotopic (exact) mass is 374 g/mol. The third kappa shape index (κ3) is 4.37. The number of nitrogens with one attached hydrogen (secondary N) is 1. The molecule has 0 radical (unpaired) electrons. The highest BCUT2D eigenvalue weighted by atomic mass is 32.1. The number of anilines is 1. The number of amides is 1. The molecule has 3 heterocycles. The minimum Gasteiger partial charge on any atom is -0.357 e. The molecular weight excluding hydrogens is 352 g/mol. The zero-order valence-corrected chi connectivity index (χ0v) is 15.5. The third-order valence-electron chi connectivity index (χ3n) is 4.71. The van der Waals surface area contributed by atoms with Gasteiger partial charge in [0, 0.05) is 36.0 Å². The summed E-state index contributed by atoms with van der Waals surface area (Å²) in [7, 11) is 0. The van der Waals surface area contributed by atoms with Gasteiger partial charge in [0.15, 0.2) is 0 Å². The van der Waals surface area contributed by atoms with E-state index in [1.54, 1.807) is 24.3 Å². The van der Waals surface area contributed by atoms with Crippen molar-refractivity contribution in [3.63, 3.8) is 0 Å². The highest BCUT2D eigenvalue weighted by molar-refractivity contribution is 7.09. The molecule has 1 saturated heterocycles. The van der Waals surface area contributed by atoms with Gasteiger partial charge in [-0.25, -0.2) is 4.98 Å². The van der Waals surface area contributed by atoms with Gasteiger partial charge in [-0.05, 0) is 43.7 Å². The van der Waals surface area contributed by atoms with Gasteiger partial charge in [-0.2, -0.15) is 0 Å². The lowest BCUT2D eigenvalue weighted by Gasteiger charge is -2.32. The second-order valence-corrected chi connectivity index (χ2v) is 7.50. The summed E-state index contributed by atoms with van der Waals surface area (Å²) in [5.74, 6) is 0.882. The number of hydrogen-bond acceptors (Lipinski definition) is 6. The molecular formula is C18H22N4O3S. The van der Waals surface area contributed by atoms with Crippen molar-refractivity contribution in [3.8, 4) is 0 Å². The first-order valence-electron chi connectivity index (χ1n) is 8.70. The van der Waals surface area contributed by atoms with Crippen LogP contribution in [-0.4, -0.2) is 35.4 Å². The second kappa shape index (κ2) is 8.27. The number of pyridine rings is 1. The third-order valence-corrected chi connectivity index (χ3v) is 5.64. The predicted molar refractivity (Wildman–Crippen MR) is 102 cm³/mol. The lowest BCUT2D eigenvalue weighted by atomic mass is 9.96. The van der Waals surface area contributed by atoms with Crippen molar-refractivity contribution < 1.29 is 9.72 Å². The second-order valence-electron chi connectivity index (χ2n) is 6.47. The molecule has 2 aromatic rings. The van der Waals surface area contributed by atoms with E-state index in [1.807, 2.05) is 11.4 Å². The Labute approximate surface area is 156 Å². The van der Waals surface area contributed by atoms with Crippen LogP contribution in [0.1, 0.15) is 23.3 Å². The smallest absolute Gasteiger partial charge is 0.290 e. The molecule has 0 saturated carbocycles. The summed E-state index contributed by atoms with van der Waals surface area (Å²) in [5.41, 5.74) is 0.641. The Morgan fingerprint density at radius 3 is 2.85 bits per heavy atom. The van der Waals surface area contributed by atoms with Gasteiger partial charge >= 0.3 is 0 Å². The van der Waals surface area contributed by atoms with Crippen LogP contribution in [0, 0.1) is 23.0 Å². The summed E-state index contributed by atoms with van der Waals surface area (Å²) < 4.78 is 0. The number of nitrogens with zero attached hydrogens (tertiary/aromatic N) is 3. The van der Waals surface area contributed by atoms with Gasteiger partial charge in [0.1, 0.15) is 12.0 Å². The van der Waals surface area contributed by atoms with E-state index < -0.39 is 4.92 Å². The molecule has 0 atom stereocenters. The van der Waals surface area contributed by atoms with Crippen LogP contribution in [0.4, 0.5) is 11.5 Å². The molecule has 3 rings (SSSR count). The molecule has 2 aromatic heterocycles. The van der Waals surface area contributed by atoms with Crippen LogP contribution in [0.15, 0.2) is 29.8 Å². The van der Waals surface area contributed by atoms with Gasteiger partial charge in [0.25, 0.3) is 5.69 Å². The molecule has 1 amide bonds. The molecule has 1 aliphatic heterocycles.